The Bertz CT molecular complexity index is 513. The van der Waals surface area contributed by atoms with Crippen molar-refractivity contribution in [3.63, 3.8) is 0 Å². The van der Waals surface area contributed by atoms with E-state index < -0.39 is 17.8 Å². The van der Waals surface area contributed by atoms with E-state index in [1.807, 2.05) is 0 Å². The van der Waals surface area contributed by atoms with Crippen LogP contribution in [0.2, 0.25) is 0 Å². The number of rotatable bonds is 3. The number of nitrogens with zero attached hydrogens (tertiary/aromatic N) is 1. The van der Waals surface area contributed by atoms with Crippen LogP contribution in [0.3, 0.4) is 0 Å². The number of benzene rings is 1. The van der Waals surface area contributed by atoms with Gasteiger partial charge in [0.2, 0.25) is 11.8 Å². The highest BCUT2D eigenvalue weighted by molar-refractivity contribution is 6.26. The van der Waals surface area contributed by atoms with Gasteiger partial charge in [0.15, 0.2) is 0 Å². The molecule has 1 aromatic rings. The fraction of sp³-hybridized carbons (Fsp3) is 0.250. The Morgan fingerprint density at radius 1 is 1.05 bits per heavy atom. The number of carbonyl (C=O) groups is 3. The van der Waals surface area contributed by atoms with Crippen LogP contribution in [0, 0.1) is 0 Å². The van der Waals surface area contributed by atoms with E-state index in [-0.39, 0.29) is 12.1 Å². The summed E-state index contributed by atoms with van der Waals surface area (Å²) in [5.74, 6) is -0.330. The molecule has 0 aromatic heterocycles. The molecule has 1 aliphatic rings. The largest absolute Gasteiger partial charge is 0.497 e. The highest BCUT2D eigenvalue weighted by atomic mass is 16.5. The second-order valence-electron chi connectivity index (χ2n) is 3.83. The Labute approximate surface area is 109 Å². The van der Waals surface area contributed by atoms with Gasteiger partial charge in [0.1, 0.15) is 17.9 Å². The summed E-state index contributed by atoms with van der Waals surface area (Å²) in [4.78, 5) is 35.4. The quantitative estimate of drug-likeness (QED) is 0.811. The van der Waals surface area contributed by atoms with Crippen molar-refractivity contribution >= 4 is 23.5 Å². The molecule has 0 spiro atoms. The van der Waals surface area contributed by atoms with Gasteiger partial charge >= 0.3 is 6.03 Å². The average Bonchev–Trinajstić information content (AvgIpc) is 2.37. The number of hydrogen-bond donors (Lipinski definition) is 1. The Hall–Kier alpha value is -2.57. The van der Waals surface area contributed by atoms with Crippen LogP contribution in [0.25, 0.3) is 0 Å². The molecular formula is C12H12N2O5. The number of methoxy groups -OCH3 is 2. The van der Waals surface area contributed by atoms with E-state index in [0.717, 1.165) is 4.90 Å². The van der Waals surface area contributed by atoms with E-state index in [4.69, 9.17) is 9.47 Å². The molecule has 7 heteroatoms. The van der Waals surface area contributed by atoms with E-state index in [2.05, 4.69) is 5.32 Å². The molecule has 1 fully saturated rings. The molecule has 1 N–H and O–H groups in total. The number of imide groups is 2. The van der Waals surface area contributed by atoms with Crippen LogP contribution in [0.5, 0.6) is 11.5 Å². The number of ether oxygens (including phenoxy) is 2. The molecule has 0 radical (unpaired) electrons. The van der Waals surface area contributed by atoms with Gasteiger partial charge in [-0.05, 0) is 0 Å². The minimum Gasteiger partial charge on any atom is -0.497 e. The van der Waals surface area contributed by atoms with Crippen molar-refractivity contribution in [3.05, 3.63) is 18.2 Å². The smallest absolute Gasteiger partial charge is 0.335 e. The van der Waals surface area contributed by atoms with Crippen molar-refractivity contribution < 1.29 is 23.9 Å². The van der Waals surface area contributed by atoms with Crippen molar-refractivity contribution in [1.82, 2.24) is 5.32 Å². The van der Waals surface area contributed by atoms with Crippen LogP contribution >= 0.6 is 0 Å². The maximum absolute atomic E-state index is 11.8. The SMILES string of the molecule is COc1cc(OC)cc(N2C(=O)CC(=O)NC2=O)c1. The first-order valence-electron chi connectivity index (χ1n) is 5.45. The maximum atomic E-state index is 11.8. The fourth-order valence-electron chi connectivity index (χ4n) is 1.73. The Balaban J connectivity index is 2.42. The van der Waals surface area contributed by atoms with Crippen LogP contribution < -0.4 is 19.7 Å². The molecule has 0 atom stereocenters. The number of barbiturate groups is 1. The summed E-state index contributed by atoms with van der Waals surface area (Å²) >= 11 is 0. The van der Waals surface area contributed by atoms with E-state index in [1.165, 1.54) is 26.4 Å². The van der Waals surface area contributed by atoms with E-state index in [9.17, 15) is 14.4 Å². The number of amides is 4. The molecule has 1 saturated heterocycles. The molecule has 0 aliphatic carbocycles. The minimum absolute atomic E-state index is 0.284. The summed E-state index contributed by atoms with van der Waals surface area (Å²) in [5, 5.41) is 2.08. The summed E-state index contributed by atoms with van der Waals surface area (Å²) in [5.41, 5.74) is 0.284. The van der Waals surface area contributed by atoms with E-state index >= 15 is 0 Å². The molecule has 0 saturated carbocycles. The first kappa shape index (κ1) is 12.9. The molecular weight excluding hydrogens is 252 g/mol. The second kappa shape index (κ2) is 4.97. The molecule has 1 aromatic carbocycles. The molecule has 100 valence electrons. The van der Waals surface area contributed by atoms with Gasteiger partial charge in [0.25, 0.3) is 0 Å². The predicted octanol–water partition coefficient (Wildman–Crippen LogP) is 0.677. The summed E-state index contributed by atoms with van der Waals surface area (Å²) < 4.78 is 10.1. The third-order valence-electron chi connectivity index (χ3n) is 2.61. The Kier molecular flexibility index (Phi) is 3.37. The van der Waals surface area contributed by atoms with Crippen molar-refractivity contribution in [2.45, 2.75) is 6.42 Å². The maximum Gasteiger partial charge on any atom is 0.335 e. The van der Waals surface area contributed by atoms with Crippen LogP contribution in [-0.2, 0) is 9.59 Å². The van der Waals surface area contributed by atoms with Gasteiger partial charge in [-0.15, -0.1) is 0 Å². The minimum atomic E-state index is -0.781. The Morgan fingerprint density at radius 3 is 2.11 bits per heavy atom. The average molecular weight is 264 g/mol. The van der Waals surface area contributed by atoms with Gasteiger partial charge in [-0.25, -0.2) is 9.69 Å². The lowest BCUT2D eigenvalue weighted by Crippen LogP contribution is -2.52. The van der Waals surface area contributed by atoms with E-state index in [1.54, 1.807) is 6.07 Å². The molecule has 2 rings (SSSR count). The summed E-state index contributed by atoms with van der Waals surface area (Å²) in [7, 11) is 2.92. The van der Waals surface area contributed by atoms with Crippen molar-refractivity contribution in [1.29, 1.82) is 0 Å². The van der Waals surface area contributed by atoms with Gasteiger partial charge in [-0.2, -0.15) is 0 Å². The van der Waals surface area contributed by atoms with Crippen molar-refractivity contribution in [2.75, 3.05) is 19.1 Å². The highest BCUT2D eigenvalue weighted by Gasteiger charge is 2.32. The van der Waals surface area contributed by atoms with Gasteiger partial charge < -0.3 is 9.47 Å². The molecule has 1 heterocycles. The third kappa shape index (κ3) is 2.49. The summed E-state index contributed by atoms with van der Waals surface area (Å²) in [6.45, 7) is 0. The lowest BCUT2D eigenvalue weighted by atomic mass is 10.2. The zero-order valence-corrected chi connectivity index (χ0v) is 10.4. The normalized spacial score (nSPS) is 15.3. The predicted molar refractivity (Wildman–Crippen MR) is 65.2 cm³/mol. The first-order chi connectivity index (χ1) is 9.05. The lowest BCUT2D eigenvalue weighted by Gasteiger charge is -2.25. The Morgan fingerprint density at radius 2 is 1.63 bits per heavy atom. The van der Waals surface area contributed by atoms with Crippen LogP contribution in [-0.4, -0.2) is 32.1 Å². The molecule has 0 unspecified atom stereocenters. The van der Waals surface area contributed by atoms with Gasteiger partial charge in [0, 0.05) is 18.2 Å². The van der Waals surface area contributed by atoms with Gasteiger partial charge in [-0.1, -0.05) is 0 Å². The zero-order chi connectivity index (χ0) is 14.0. The molecule has 19 heavy (non-hydrogen) atoms. The van der Waals surface area contributed by atoms with Crippen molar-refractivity contribution in [2.24, 2.45) is 0 Å². The fourth-order valence-corrected chi connectivity index (χ4v) is 1.73. The summed E-state index contributed by atoms with van der Waals surface area (Å²) in [6.07, 6.45) is -0.370. The molecule has 7 nitrogen and oxygen atoms in total. The van der Waals surface area contributed by atoms with Crippen LogP contribution in [0.1, 0.15) is 6.42 Å². The van der Waals surface area contributed by atoms with E-state index in [0.29, 0.717) is 11.5 Å². The number of anilines is 1. The zero-order valence-electron chi connectivity index (χ0n) is 10.4. The number of nitrogens with one attached hydrogen (secondary N) is 1. The van der Waals surface area contributed by atoms with Gasteiger partial charge in [-0.3, -0.25) is 14.9 Å². The topological polar surface area (TPSA) is 84.9 Å². The standard InChI is InChI=1S/C12H12N2O5/c1-18-8-3-7(4-9(5-8)19-2)14-11(16)6-10(15)13-12(14)17/h3-5H,6H2,1-2H3,(H,13,15,17). The third-order valence-corrected chi connectivity index (χ3v) is 2.61. The van der Waals surface area contributed by atoms with Crippen LogP contribution in [0.4, 0.5) is 10.5 Å². The highest BCUT2D eigenvalue weighted by Crippen LogP contribution is 2.29. The number of urea groups is 1. The molecule has 1 aliphatic heterocycles. The number of hydrogen-bond acceptors (Lipinski definition) is 5. The molecule has 4 amide bonds. The van der Waals surface area contributed by atoms with Gasteiger partial charge in [0.05, 0.1) is 19.9 Å². The summed E-state index contributed by atoms with van der Waals surface area (Å²) in [6, 6.07) is 3.85. The van der Waals surface area contributed by atoms with Crippen LogP contribution in [0.15, 0.2) is 18.2 Å². The molecule has 0 bridgehead atoms. The first-order valence-corrected chi connectivity index (χ1v) is 5.45. The lowest BCUT2D eigenvalue weighted by molar-refractivity contribution is -0.128. The van der Waals surface area contributed by atoms with Crippen molar-refractivity contribution in [3.8, 4) is 11.5 Å². The monoisotopic (exact) mass is 264 g/mol. The number of carbonyl (C=O) groups excluding carboxylic acids is 3. The second-order valence-corrected chi connectivity index (χ2v) is 3.83.